The summed E-state index contributed by atoms with van der Waals surface area (Å²) in [6.07, 6.45) is 4.77. The average molecular weight is 301 g/mol. The van der Waals surface area contributed by atoms with Gasteiger partial charge in [0.25, 0.3) is 0 Å². The van der Waals surface area contributed by atoms with Crippen LogP contribution < -0.4 is 10.2 Å². The van der Waals surface area contributed by atoms with E-state index in [4.69, 9.17) is 0 Å². The fourth-order valence-electron chi connectivity index (χ4n) is 3.48. The molecule has 3 heterocycles. The van der Waals surface area contributed by atoms with Crippen molar-refractivity contribution in [3.8, 4) is 11.1 Å². The highest BCUT2D eigenvalue weighted by atomic mass is 19.2. The second-order valence-corrected chi connectivity index (χ2v) is 6.17. The van der Waals surface area contributed by atoms with Gasteiger partial charge < -0.3 is 10.2 Å². The third-order valence-electron chi connectivity index (χ3n) is 4.57. The summed E-state index contributed by atoms with van der Waals surface area (Å²) in [5, 5.41) is 3.52. The molecule has 0 radical (unpaired) electrons. The van der Waals surface area contributed by atoms with Gasteiger partial charge in [-0.15, -0.1) is 0 Å². The number of pyridine rings is 1. The lowest BCUT2D eigenvalue weighted by Crippen LogP contribution is -2.41. The van der Waals surface area contributed by atoms with E-state index < -0.39 is 11.6 Å². The van der Waals surface area contributed by atoms with Crippen LogP contribution in [0, 0.1) is 17.6 Å². The molecule has 5 heteroatoms. The van der Waals surface area contributed by atoms with Crippen LogP contribution in [-0.4, -0.2) is 30.7 Å². The van der Waals surface area contributed by atoms with Gasteiger partial charge in [-0.05, 0) is 36.1 Å². The number of hydrogen-bond acceptors (Lipinski definition) is 3. The highest BCUT2D eigenvalue weighted by molar-refractivity contribution is 5.67. The Bertz CT molecular complexity index is 692. The van der Waals surface area contributed by atoms with Crippen molar-refractivity contribution >= 4 is 5.69 Å². The number of rotatable bonds is 2. The fourth-order valence-corrected chi connectivity index (χ4v) is 3.48. The number of anilines is 1. The van der Waals surface area contributed by atoms with E-state index in [2.05, 4.69) is 15.2 Å². The smallest absolute Gasteiger partial charge is 0.159 e. The Labute approximate surface area is 128 Å². The summed E-state index contributed by atoms with van der Waals surface area (Å²) in [5.41, 5.74) is 2.49. The Morgan fingerprint density at radius 3 is 2.77 bits per heavy atom. The van der Waals surface area contributed by atoms with Crippen LogP contribution >= 0.6 is 0 Å². The Morgan fingerprint density at radius 1 is 1.05 bits per heavy atom. The number of fused-ring (bicyclic) bond motifs is 2. The summed E-state index contributed by atoms with van der Waals surface area (Å²) in [7, 11) is 0. The predicted octanol–water partition coefficient (Wildman–Crippen LogP) is 2.82. The van der Waals surface area contributed by atoms with Crippen LogP contribution in [0.5, 0.6) is 0 Å². The molecule has 2 saturated heterocycles. The maximum absolute atomic E-state index is 13.4. The fraction of sp³-hybridized carbons (Fsp3) is 0.353. The lowest BCUT2D eigenvalue weighted by atomic mass is 9.99. The number of piperidine rings is 1. The van der Waals surface area contributed by atoms with Crippen molar-refractivity contribution in [2.45, 2.75) is 12.5 Å². The molecule has 4 rings (SSSR count). The number of aromatic nitrogens is 1. The topological polar surface area (TPSA) is 28.2 Å². The summed E-state index contributed by atoms with van der Waals surface area (Å²) in [6, 6.07) is 6.51. The van der Waals surface area contributed by atoms with Crippen LogP contribution in [0.1, 0.15) is 6.42 Å². The number of nitrogens with one attached hydrogen (secondary N) is 1. The third-order valence-corrected chi connectivity index (χ3v) is 4.57. The lowest BCUT2D eigenvalue weighted by molar-refractivity contribution is 0.474. The largest absolute Gasteiger partial charge is 0.368 e. The molecule has 22 heavy (non-hydrogen) atoms. The van der Waals surface area contributed by atoms with E-state index in [1.165, 1.54) is 12.5 Å². The van der Waals surface area contributed by atoms with Gasteiger partial charge in [-0.2, -0.15) is 0 Å². The van der Waals surface area contributed by atoms with Crippen LogP contribution in [0.15, 0.2) is 36.7 Å². The van der Waals surface area contributed by atoms with E-state index in [0.29, 0.717) is 17.5 Å². The molecule has 2 aliphatic rings. The zero-order chi connectivity index (χ0) is 15.1. The molecule has 1 aromatic carbocycles. The van der Waals surface area contributed by atoms with Crippen LogP contribution in [0.4, 0.5) is 14.5 Å². The van der Waals surface area contributed by atoms with Gasteiger partial charge in [0.05, 0.1) is 11.9 Å². The number of hydrogen-bond donors (Lipinski definition) is 1. The molecule has 0 saturated carbocycles. The van der Waals surface area contributed by atoms with E-state index in [9.17, 15) is 8.78 Å². The number of nitrogens with zero attached hydrogens (tertiary/aromatic N) is 2. The number of benzene rings is 1. The first-order valence-corrected chi connectivity index (χ1v) is 7.58. The Kier molecular flexibility index (Phi) is 3.30. The summed E-state index contributed by atoms with van der Waals surface area (Å²) in [6.45, 7) is 3.07. The van der Waals surface area contributed by atoms with Crippen molar-refractivity contribution in [1.29, 1.82) is 0 Å². The summed E-state index contributed by atoms with van der Waals surface area (Å²) >= 11 is 0. The summed E-state index contributed by atoms with van der Waals surface area (Å²) in [5.74, 6) is -0.972. The van der Waals surface area contributed by atoms with E-state index in [0.717, 1.165) is 37.0 Å². The first kappa shape index (κ1) is 13.6. The molecule has 1 unspecified atom stereocenters. The quantitative estimate of drug-likeness (QED) is 0.924. The van der Waals surface area contributed by atoms with E-state index >= 15 is 0 Å². The molecule has 0 amide bonds. The Balaban J connectivity index is 1.64. The molecule has 114 valence electrons. The maximum atomic E-state index is 13.4. The van der Waals surface area contributed by atoms with E-state index in [1.54, 1.807) is 12.3 Å². The average Bonchev–Trinajstić information content (AvgIpc) is 2.88. The summed E-state index contributed by atoms with van der Waals surface area (Å²) in [4.78, 5) is 6.61. The standard InChI is InChI=1S/C17H17F2N3/c18-16-2-1-12(5-17(16)19)13-4-15(8-20-7-13)22-9-11-3-14(10-22)21-6-11/h1-2,4-5,7-8,11,14,21H,3,6,9-10H2/t11?,14-/m0/s1. The molecule has 0 aliphatic carbocycles. The highest BCUT2D eigenvalue weighted by Gasteiger charge is 2.32. The highest BCUT2D eigenvalue weighted by Crippen LogP contribution is 2.29. The van der Waals surface area contributed by atoms with Gasteiger partial charge in [-0.3, -0.25) is 4.98 Å². The van der Waals surface area contributed by atoms with Crippen molar-refractivity contribution in [3.05, 3.63) is 48.3 Å². The van der Waals surface area contributed by atoms with Gasteiger partial charge >= 0.3 is 0 Å². The van der Waals surface area contributed by atoms with Gasteiger partial charge in [0, 0.05) is 37.4 Å². The molecule has 3 nitrogen and oxygen atoms in total. The van der Waals surface area contributed by atoms with Crippen molar-refractivity contribution in [1.82, 2.24) is 10.3 Å². The van der Waals surface area contributed by atoms with Crippen LogP contribution in [0.2, 0.25) is 0 Å². The van der Waals surface area contributed by atoms with Crippen molar-refractivity contribution < 1.29 is 8.78 Å². The molecule has 2 fully saturated rings. The van der Waals surface area contributed by atoms with Gasteiger partial charge in [0.15, 0.2) is 11.6 Å². The first-order valence-electron chi connectivity index (χ1n) is 7.58. The van der Waals surface area contributed by atoms with Crippen molar-refractivity contribution in [3.63, 3.8) is 0 Å². The van der Waals surface area contributed by atoms with Crippen molar-refractivity contribution in [2.75, 3.05) is 24.5 Å². The van der Waals surface area contributed by atoms with Crippen LogP contribution in [0.25, 0.3) is 11.1 Å². The van der Waals surface area contributed by atoms with Gasteiger partial charge in [-0.25, -0.2) is 8.78 Å². The normalized spacial score (nSPS) is 23.8. The molecule has 2 aromatic rings. The van der Waals surface area contributed by atoms with Crippen molar-refractivity contribution in [2.24, 2.45) is 5.92 Å². The maximum Gasteiger partial charge on any atom is 0.159 e. The Hall–Kier alpha value is -2.01. The van der Waals surface area contributed by atoms with Gasteiger partial charge in [-0.1, -0.05) is 6.07 Å². The first-order chi connectivity index (χ1) is 10.7. The molecule has 2 bridgehead atoms. The molecule has 1 aromatic heterocycles. The van der Waals surface area contributed by atoms with E-state index in [1.807, 2.05) is 12.3 Å². The van der Waals surface area contributed by atoms with E-state index in [-0.39, 0.29) is 0 Å². The van der Waals surface area contributed by atoms with Gasteiger partial charge in [0.1, 0.15) is 0 Å². The molecule has 0 spiro atoms. The second-order valence-electron chi connectivity index (χ2n) is 6.17. The predicted molar refractivity (Wildman–Crippen MR) is 81.7 cm³/mol. The molecular weight excluding hydrogens is 284 g/mol. The molecule has 1 N–H and O–H groups in total. The van der Waals surface area contributed by atoms with Crippen LogP contribution in [0.3, 0.4) is 0 Å². The minimum atomic E-state index is -0.830. The monoisotopic (exact) mass is 301 g/mol. The molecule has 2 atom stereocenters. The lowest BCUT2D eigenvalue weighted by Gasteiger charge is -2.32. The summed E-state index contributed by atoms with van der Waals surface area (Å²) < 4.78 is 26.5. The zero-order valence-electron chi connectivity index (χ0n) is 12.1. The minimum Gasteiger partial charge on any atom is -0.368 e. The third kappa shape index (κ3) is 2.46. The SMILES string of the molecule is Fc1ccc(-c2cncc(N3CC4CN[C@@H](C4)C3)c2)cc1F. The molecule has 2 aliphatic heterocycles. The minimum absolute atomic E-state index is 0.547. The second kappa shape index (κ2) is 5.32. The van der Waals surface area contributed by atoms with Crippen LogP contribution in [-0.2, 0) is 0 Å². The molecular formula is C17H17F2N3. The number of halogens is 2. The zero-order valence-corrected chi connectivity index (χ0v) is 12.1. The van der Waals surface area contributed by atoms with Gasteiger partial charge in [0.2, 0.25) is 0 Å². The Morgan fingerprint density at radius 2 is 1.95 bits per heavy atom.